The second-order valence-corrected chi connectivity index (χ2v) is 9.54. The lowest BCUT2D eigenvalue weighted by atomic mass is 9.95. The van der Waals surface area contributed by atoms with E-state index in [1.54, 1.807) is 11.2 Å². The highest BCUT2D eigenvalue weighted by atomic mass is 32.2. The van der Waals surface area contributed by atoms with Gasteiger partial charge in [0.25, 0.3) is 0 Å². The fourth-order valence-electron chi connectivity index (χ4n) is 4.47. The van der Waals surface area contributed by atoms with E-state index in [1.807, 2.05) is 19.1 Å². The average Bonchev–Trinajstić information content (AvgIpc) is 3.43. The molecule has 0 bridgehead atoms. The fourth-order valence-corrected chi connectivity index (χ4v) is 5.48. The van der Waals surface area contributed by atoms with Gasteiger partial charge in [0.15, 0.2) is 10.9 Å². The largest absolute Gasteiger partial charge is 0.461 e. The van der Waals surface area contributed by atoms with Crippen LogP contribution in [0.4, 0.5) is 0 Å². The number of nitrogens with zero attached hydrogens (tertiary/aromatic N) is 4. The van der Waals surface area contributed by atoms with Crippen LogP contribution in [0.3, 0.4) is 0 Å². The molecule has 1 saturated heterocycles. The van der Waals surface area contributed by atoms with E-state index in [0.29, 0.717) is 24.9 Å². The van der Waals surface area contributed by atoms with Gasteiger partial charge in [0, 0.05) is 19.1 Å². The van der Waals surface area contributed by atoms with Gasteiger partial charge >= 0.3 is 0 Å². The van der Waals surface area contributed by atoms with Crippen molar-refractivity contribution < 1.29 is 14.0 Å². The van der Waals surface area contributed by atoms with Gasteiger partial charge in [0.2, 0.25) is 17.6 Å². The van der Waals surface area contributed by atoms with E-state index in [-0.39, 0.29) is 23.0 Å². The number of carbonyl (C=O) groups is 2. The van der Waals surface area contributed by atoms with Crippen molar-refractivity contribution >= 4 is 23.6 Å². The van der Waals surface area contributed by atoms with Gasteiger partial charge in [0.05, 0.1) is 17.4 Å². The maximum absolute atomic E-state index is 13.1. The van der Waals surface area contributed by atoms with Crippen LogP contribution in [0.1, 0.15) is 57.9 Å². The van der Waals surface area contributed by atoms with Gasteiger partial charge in [0.1, 0.15) is 0 Å². The number of carbonyl (C=O) groups excluding carboxylic acids is 2. The first-order chi connectivity index (χ1) is 14.5. The van der Waals surface area contributed by atoms with Crippen molar-refractivity contribution in [2.24, 2.45) is 11.7 Å². The second-order valence-electron chi connectivity index (χ2n) is 8.23. The van der Waals surface area contributed by atoms with Crippen molar-refractivity contribution in [1.82, 2.24) is 19.7 Å². The number of hydrogen-bond donors (Lipinski definition) is 1. The molecule has 3 heterocycles. The van der Waals surface area contributed by atoms with E-state index in [4.69, 9.17) is 10.2 Å². The van der Waals surface area contributed by atoms with Crippen LogP contribution < -0.4 is 5.73 Å². The highest BCUT2D eigenvalue weighted by molar-refractivity contribution is 8.00. The number of amides is 2. The van der Waals surface area contributed by atoms with E-state index in [2.05, 4.69) is 14.8 Å². The number of thioether (sulfide) groups is 1. The molecule has 0 spiro atoms. The number of piperidine rings is 1. The van der Waals surface area contributed by atoms with Crippen molar-refractivity contribution in [3.05, 3.63) is 18.4 Å². The average molecular weight is 432 g/mol. The molecular weight excluding hydrogens is 402 g/mol. The Kier molecular flexibility index (Phi) is 6.46. The van der Waals surface area contributed by atoms with Crippen LogP contribution in [-0.2, 0) is 9.59 Å². The molecule has 2 unspecified atom stereocenters. The molecule has 2 fully saturated rings. The van der Waals surface area contributed by atoms with Crippen LogP contribution in [0.5, 0.6) is 0 Å². The summed E-state index contributed by atoms with van der Waals surface area (Å²) in [5.41, 5.74) is 5.47. The maximum Gasteiger partial charge on any atom is 0.235 e. The van der Waals surface area contributed by atoms with Crippen LogP contribution in [0.2, 0.25) is 0 Å². The Morgan fingerprint density at radius 1 is 1.20 bits per heavy atom. The molecule has 2 N–H and O–H groups in total. The molecule has 9 heteroatoms. The van der Waals surface area contributed by atoms with Gasteiger partial charge in [-0.15, -0.1) is 10.2 Å². The molecule has 2 aliphatic rings. The molecule has 1 aliphatic heterocycles. The molecule has 0 radical (unpaired) electrons. The molecule has 2 amide bonds. The standard InChI is InChI=1S/C21H29N5O3S/c1-14(20(28)25-11-5-7-15(13-25)18(22)27)30-21-24-23-19(17-10-6-12-29-17)26(21)16-8-3-2-4-9-16/h6,10,12,14-16H,2-5,7-9,11,13H2,1H3,(H2,22,27). The predicted octanol–water partition coefficient (Wildman–Crippen LogP) is 3.25. The zero-order valence-electron chi connectivity index (χ0n) is 17.3. The van der Waals surface area contributed by atoms with E-state index >= 15 is 0 Å². The van der Waals surface area contributed by atoms with Crippen LogP contribution >= 0.6 is 11.8 Å². The van der Waals surface area contributed by atoms with Crippen molar-refractivity contribution in [2.45, 2.75) is 68.3 Å². The van der Waals surface area contributed by atoms with Crippen LogP contribution in [0.15, 0.2) is 28.0 Å². The van der Waals surface area contributed by atoms with E-state index in [9.17, 15) is 9.59 Å². The molecule has 4 rings (SSSR count). The smallest absolute Gasteiger partial charge is 0.235 e. The van der Waals surface area contributed by atoms with Gasteiger partial charge in [-0.3, -0.25) is 14.2 Å². The van der Waals surface area contributed by atoms with Crippen molar-refractivity contribution in [3.8, 4) is 11.6 Å². The quantitative estimate of drug-likeness (QED) is 0.704. The highest BCUT2D eigenvalue weighted by Gasteiger charge is 2.32. The monoisotopic (exact) mass is 431 g/mol. The molecule has 2 aromatic rings. The summed E-state index contributed by atoms with van der Waals surface area (Å²) in [5.74, 6) is 0.855. The second kappa shape index (κ2) is 9.24. The number of rotatable bonds is 6. The zero-order valence-corrected chi connectivity index (χ0v) is 18.1. The summed E-state index contributed by atoms with van der Waals surface area (Å²) in [6.07, 6.45) is 8.97. The fraction of sp³-hybridized carbons (Fsp3) is 0.619. The zero-order chi connectivity index (χ0) is 21.1. The molecule has 2 aromatic heterocycles. The summed E-state index contributed by atoms with van der Waals surface area (Å²) in [4.78, 5) is 26.4. The summed E-state index contributed by atoms with van der Waals surface area (Å²) < 4.78 is 7.76. The number of nitrogens with two attached hydrogens (primary N) is 1. The molecule has 1 aliphatic carbocycles. The minimum atomic E-state index is -0.326. The number of likely N-dealkylation sites (tertiary alicyclic amines) is 1. The normalized spacial score (nSPS) is 21.5. The molecule has 1 saturated carbocycles. The van der Waals surface area contributed by atoms with Crippen LogP contribution in [-0.4, -0.2) is 49.8 Å². The molecule has 0 aromatic carbocycles. The predicted molar refractivity (Wildman–Crippen MR) is 114 cm³/mol. The Morgan fingerprint density at radius 2 is 2.00 bits per heavy atom. The van der Waals surface area contributed by atoms with Gasteiger partial charge in [-0.05, 0) is 44.7 Å². The van der Waals surface area contributed by atoms with Crippen molar-refractivity contribution in [2.75, 3.05) is 13.1 Å². The van der Waals surface area contributed by atoms with Gasteiger partial charge in [-0.1, -0.05) is 31.0 Å². The lowest BCUT2D eigenvalue weighted by molar-refractivity contribution is -0.134. The number of hydrogen-bond acceptors (Lipinski definition) is 6. The Bertz CT molecular complexity index is 875. The van der Waals surface area contributed by atoms with Gasteiger partial charge in [-0.25, -0.2) is 0 Å². The first kappa shape index (κ1) is 21.0. The Balaban J connectivity index is 1.53. The summed E-state index contributed by atoms with van der Waals surface area (Å²) in [7, 11) is 0. The minimum absolute atomic E-state index is 0.0173. The molecule has 2 atom stereocenters. The molecular formula is C21H29N5O3S. The molecule has 30 heavy (non-hydrogen) atoms. The van der Waals surface area contributed by atoms with E-state index < -0.39 is 0 Å². The first-order valence-electron chi connectivity index (χ1n) is 10.8. The third kappa shape index (κ3) is 4.40. The van der Waals surface area contributed by atoms with Crippen molar-refractivity contribution in [3.63, 3.8) is 0 Å². The maximum atomic E-state index is 13.1. The summed E-state index contributed by atoms with van der Waals surface area (Å²) in [6, 6.07) is 4.05. The third-order valence-electron chi connectivity index (χ3n) is 6.11. The van der Waals surface area contributed by atoms with E-state index in [0.717, 1.165) is 36.7 Å². The minimum Gasteiger partial charge on any atom is -0.461 e. The van der Waals surface area contributed by atoms with Crippen molar-refractivity contribution in [1.29, 1.82) is 0 Å². The molecule has 8 nitrogen and oxygen atoms in total. The highest BCUT2D eigenvalue weighted by Crippen LogP contribution is 2.37. The number of primary amides is 1. The Hall–Kier alpha value is -2.29. The SMILES string of the molecule is CC(Sc1nnc(-c2ccco2)n1C1CCCCC1)C(=O)N1CCCC(C(N)=O)C1. The third-order valence-corrected chi connectivity index (χ3v) is 7.16. The van der Waals surface area contributed by atoms with Crippen LogP contribution in [0.25, 0.3) is 11.6 Å². The van der Waals surface area contributed by atoms with Gasteiger partial charge in [-0.2, -0.15) is 0 Å². The Labute approximate surface area is 180 Å². The van der Waals surface area contributed by atoms with Crippen LogP contribution in [0, 0.1) is 5.92 Å². The summed E-state index contributed by atoms with van der Waals surface area (Å²) in [5, 5.41) is 9.26. The number of aromatic nitrogens is 3. The van der Waals surface area contributed by atoms with E-state index in [1.165, 1.54) is 31.0 Å². The summed E-state index contributed by atoms with van der Waals surface area (Å²) >= 11 is 1.43. The summed E-state index contributed by atoms with van der Waals surface area (Å²) in [6.45, 7) is 2.97. The lowest BCUT2D eigenvalue weighted by Gasteiger charge is -2.33. The Morgan fingerprint density at radius 3 is 2.70 bits per heavy atom. The molecule has 162 valence electrons. The topological polar surface area (TPSA) is 107 Å². The van der Waals surface area contributed by atoms with Gasteiger partial charge < -0.3 is 15.1 Å². The first-order valence-corrected chi connectivity index (χ1v) is 11.7. The number of furan rings is 1. The lowest BCUT2D eigenvalue weighted by Crippen LogP contribution is -2.46.